The SMILES string of the molecule is O=C1NC(=O)c2c(Cl)ccc3ccc(Cl)c1c23. The number of amides is 2. The van der Waals surface area contributed by atoms with Crippen LogP contribution in [0.3, 0.4) is 0 Å². The van der Waals surface area contributed by atoms with Gasteiger partial charge in [-0.2, -0.15) is 0 Å². The molecule has 5 heteroatoms. The van der Waals surface area contributed by atoms with Gasteiger partial charge in [0.15, 0.2) is 0 Å². The molecule has 0 spiro atoms. The number of imide groups is 1. The fourth-order valence-electron chi connectivity index (χ4n) is 2.04. The van der Waals surface area contributed by atoms with Crippen molar-refractivity contribution in [1.29, 1.82) is 0 Å². The Kier molecular flexibility index (Phi) is 2.15. The zero-order valence-corrected chi connectivity index (χ0v) is 9.89. The van der Waals surface area contributed by atoms with Crippen LogP contribution in [0, 0.1) is 0 Å². The Morgan fingerprint density at radius 1 is 0.824 bits per heavy atom. The first-order chi connectivity index (χ1) is 8.09. The predicted octanol–water partition coefficient (Wildman–Crippen LogP) is 3.03. The van der Waals surface area contributed by atoms with E-state index in [4.69, 9.17) is 23.2 Å². The molecule has 2 aromatic carbocycles. The Bertz CT molecular complexity index is 640. The maximum atomic E-state index is 11.8. The molecule has 1 N–H and O–H groups in total. The molecule has 2 aromatic rings. The number of hydrogen-bond acceptors (Lipinski definition) is 2. The van der Waals surface area contributed by atoms with Gasteiger partial charge in [-0.1, -0.05) is 35.3 Å². The Morgan fingerprint density at radius 3 is 1.76 bits per heavy atom. The van der Waals surface area contributed by atoms with Crippen LogP contribution in [0.4, 0.5) is 0 Å². The van der Waals surface area contributed by atoms with Gasteiger partial charge in [0.1, 0.15) is 0 Å². The number of benzene rings is 2. The van der Waals surface area contributed by atoms with Crippen LogP contribution in [0.2, 0.25) is 10.0 Å². The van der Waals surface area contributed by atoms with Crippen molar-refractivity contribution in [3.05, 3.63) is 45.4 Å². The number of hydrogen-bond donors (Lipinski definition) is 1. The van der Waals surface area contributed by atoms with E-state index >= 15 is 0 Å². The molecule has 0 fully saturated rings. The van der Waals surface area contributed by atoms with Gasteiger partial charge in [-0.25, -0.2) is 0 Å². The van der Waals surface area contributed by atoms with E-state index in [0.29, 0.717) is 26.6 Å². The van der Waals surface area contributed by atoms with Crippen LogP contribution in [0.5, 0.6) is 0 Å². The van der Waals surface area contributed by atoms with Crippen LogP contribution in [-0.2, 0) is 0 Å². The van der Waals surface area contributed by atoms with E-state index in [9.17, 15) is 9.59 Å². The molecular formula is C12H5Cl2NO2. The van der Waals surface area contributed by atoms with Crippen molar-refractivity contribution in [2.75, 3.05) is 0 Å². The number of halogens is 2. The van der Waals surface area contributed by atoms with Crippen molar-refractivity contribution in [3.63, 3.8) is 0 Å². The van der Waals surface area contributed by atoms with E-state index in [1.165, 1.54) is 0 Å². The average molecular weight is 266 g/mol. The fourth-order valence-corrected chi connectivity index (χ4v) is 2.53. The zero-order chi connectivity index (χ0) is 12.2. The molecule has 0 radical (unpaired) electrons. The van der Waals surface area contributed by atoms with Crippen LogP contribution < -0.4 is 5.32 Å². The van der Waals surface area contributed by atoms with Gasteiger partial charge in [-0.15, -0.1) is 0 Å². The highest BCUT2D eigenvalue weighted by atomic mass is 35.5. The monoisotopic (exact) mass is 265 g/mol. The lowest BCUT2D eigenvalue weighted by Gasteiger charge is -2.18. The van der Waals surface area contributed by atoms with Gasteiger partial charge in [-0.3, -0.25) is 14.9 Å². The summed E-state index contributed by atoms with van der Waals surface area (Å²) in [5.74, 6) is -0.972. The molecule has 0 aromatic heterocycles. The summed E-state index contributed by atoms with van der Waals surface area (Å²) in [6.07, 6.45) is 0. The quantitative estimate of drug-likeness (QED) is 0.745. The van der Waals surface area contributed by atoms with Gasteiger partial charge in [0, 0.05) is 5.39 Å². The lowest BCUT2D eigenvalue weighted by molar-refractivity contribution is 0.0845. The molecule has 84 valence electrons. The first kappa shape index (κ1) is 10.6. The molecule has 0 atom stereocenters. The lowest BCUT2D eigenvalue weighted by Crippen LogP contribution is -2.35. The smallest absolute Gasteiger partial charge is 0.260 e. The van der Waals surface area contributed by atoms with E-state index in [1.54, 1.807) is 24.3 Å². The summed E-state index contributed by atoms with van der Waals surface area (Å²) >= 11 is 12.0. The molecule has 17 heavy (non-hydrogen) atoms. The number of carbonyl (C=O) groups is 2. The van der Waals surface area contributed by atoms with Crippen LogP contribution in [-0.4, -0.2) is 11.8 Å². The van der Waals surface area contributed by atoms with Gasteiger partial charge in [0.05, 0.1) is 21.2 Å². The van der Waals surface area contributed by atoms with E-state index in [0.717, 1.165) is 5.39 Å². The maximum absolute atomic E-state index is 11.8. The Hall–Kier alpha value is -1.58. The Labute approximate surface area is 106 Å². The number of carbonyl (C=O) groups excluding carboxylic acids is 2. The van der Waals surface area contributed by atoms with Gasteiger partial charge in [0.25, 0.3) is 11.8 Å². The van der Waals surface area contributed by atoms with Crippen LogP contribution in [0.1, 0.15) is 20.7 Å². The third-order valence-corrected chi connectivity index (χ3v) is 3.40. The van der Waals surface area contributed by atoms with E-state index in [2.05, 4.69) is 5.32 Å². The molecule has 3 rings (SSSR count). The van der Waals surface area contributed by atoms with Crippen molar-refractivity contribution in [2.24, 2.45) is 0 Å². The summed E-state index contributed by atoms with van der Waals surface area (Å²) in [7, 11) is 0. The van der Waals surface area contributed by atoms with E-state index in [1.807, 2.05) is 0 Å². The highest BCUT2D eigenvalue weighted by Crippen LogP contribution is 2.34. The van der Waals surface area contributed by atoms with Gasteiger partial charge >= 0.3 is 0 Å². The third kappa shape index (κ3) is 1.36. The van der Waals surface area contributed by atoms with Crippen LogP contribution in [0.15, 0.2) is 24.3 Å². The summed E-state index contributed by atoms with van der Waals surface area (Å²) < 4.78 is 0. The minimum absolute atomic E-state index is 0.307. The topological polar surface area (TPSA) is 46.2 Å². The fraction of sp³-hybridized carbons (Fsp3) is 0. The summed E-state index contributed by atoms with van der Waals surface area (Å²) in [5, 5.41) is 4.15. The largest absolute Gasteiger partial charge is 0.288 e. The Morgan fingerprint density at radius 2 is 1.29 bits per heavy atom. The Balaban J connectivity index is 2.61. The summed E-state index contributed by atoms with van der Waals surface area (Å²) in [6.45, 7) is 0. The molecular weight excluding hydrogens is 261 g/mol. The van der Waals surface area contributed by atoms with Gasteiger partial charge in [0.2, 0.25) is 0 Å². The first-order valence-electron chi connectivity index (χ1n) is 4.86. The molecule has 0 saturated carbocycles. The van der Waals surface area contributed by atoms with Crippen LogP contribution >= 0.6 is 23.2 Å². The second kappa shape index (κ2) is 3.45. The van der Waals surface area contributed by atoms with E-state index in [-0.39, 0.29) is 0 Å². The summed E-state index contributed by atoms with van der Waals surface area (Å²) in [4.78, 5) is 23.5. The molecule has 0 unspecified atom stereocenters. The number of rotatable bonds is 0. The second-order valence-electron chi connectivity index (χ2n) is 3.73. The second-order valence-corrected chi connectivity index (χ2v) is 4.54. The molecule has 0 aliphatic carbocycles. The van der Waals surface area contributed by atoms with Crippen molar-refractivity contribution in [2.45, 2.75) is 0 Å². The highest BCUT2D eigenvalue weighted by molar-refractivity contribution is 6.42. The van der Waals surface area contributed by atoms with Gasteiger partial charge < -0.3 is 0 Å². The number of nitrogens with one attached hydrogen (secondary N) is 1. The molecule has 3 nitrogen and oxygen atoms in total. The van der Waals surface area contributed by atoms with Crippen LogP contribution in [0.25, 0.3) is 10.8 Å². The molecule has 0 bridgehead atoms. The normalized spacial score (nSPS) is 14.0. The highest BCUT2D eigenvalue weighted by Gasteiger charge is 2.28. The van der Waals surface area contributed by atoms with Crippen molar-refractivity contribution >= 4 is 45.8 Å². The average Bonchev–Trinajstić information content (AvgIpc) is 2.27. The minimum Gasteiger partial charge on any atom is -0.288 e. The summed E-state index contributed by atoms with van der Waals surface area (Å²) in [6, 6.07) is 6.78. The molecule has 1 aliphatic rings. The zero-order valence-electron chi connectivity index (χ0n) is 8.38. The minimum atomic E-state index is -0.486. The molecule has 1 heterocycles. The van der Waals surface area contributed by atoms with Crippen molar-refractivity contribution < 1.29 is 9.59 Å². The maximum Gasteiger partial charge on any atom is 0.260 e. The lowest BCUT2D eigenvalue weighted by atomic mass is 9.95. The third-order valence-electron chi connectivity index (χ3n) is 2.77. The van der Waals surface area contributed by atoms with Crippen molar-refractivity contribution in [1.82, 2.24) is 5.32 Å². The van der Waals surface area contributed by atoms with E-state index < -0.39 is 11.8 Å². The van der Waals surface area contributed by atoms with Crippen molar-refractivity contribution in [3.8, 4) is 0 Å². The first-order valence-corrected chi connectivity index (χ1v) is 5.61. The standard InChI is InChI=1S/C12H5Cl2NO2/c13-6-3-1-5-2-4-7(14)10-8(5)9(6)11(16)15-12(10)17/h1-4H,(H,15,16,17). The molecule has 2 amide bonds. The van der Waals surface area contributed by atoms with Gasteiger partial charge in [-0.05, 0) is 17.5 Å². The summed E-state index contributed by atoms with van der Waals surface area (Å²) in [5.41, 5.74) is 0.613. The molecule has 1 aliphatic heterocycles. The predicted molar refractivity (Wildman–Crippen MR) is 65.8 cm³/mol. The molecule has 0 saturated heterocycles.